The third kappa shape index (κ3) is 4.35. The fourth-order valence-electron chi connectivity index (χ4n) is 3.27. The monoisotopic (exact) mass is 354 g/mol. The zero-order chi connectivity index (χ0) is 18.4. The predicted octanol–water partition coefficient (Wildman–Crippen LogP) is 3.50. The van der Waals surface area contributed by atoms with Gasteiger partial charge in [0, 0.05) is 26.7 Å². The van der Waals surface area contributed by atoms with Gasteiger partial charge in [0.1, 0.15) is 5.75 Å². The van der Waals surface area contributed by atoms with Gasteiger partial charge in [-0.25, -0.2) is 4.79 Å². The first-order chi connectivity index (χ1) is 12.7. The Labute approximate surface area is 154 Å². The molecule has 0 unspecified atom stereocenters. The van der Waals surface area contributed by atoms with Crippen LogP contribution in [-0.4, -0.2) is 31.2 Å². The number of benzene rings is 2. The molecule has 26 heavy (non-hydrogen) atoms. The summed E-state index contributed by atoms with van der Waals surface area (Å²) in [5.74, 6) is 0.863. The van der Waals surface area contributed by atoms with Gasteiger partial charge in [-0.1, -0.05) is 30.3 Å². The summed E-state index contributed by atoms with van der Waals surface area (Å²) in [5, 5.41) is 3.04. The van der Waals surface area contributed by atoms with Crippen LogP contribution in [0.5, 0.6) is 5.75 Å². The Bertz CT molecular complexity index is 761. The van der Waals surface area contributed by atoms with Crippen LogP contribution in [0.25, 0.3) is 0 Å². The molecule has 5 heteroatoms. The summed E-state index contributed by atoms with van der Waals surface area (Å²) < 4.78 is 10.8. The van der Waals surface area contributed by atoms with Gasteiger partial charge >= 0.3 is 6.03 Å². The second-order valence-corrected chi connectivity index (χ2v) is 6.40. The van der Waals surface area contributed by atoms with Crippen molar-refractivity contribution in [2.24, 2.45) is 0 Å². The van der Waals surface area contributed by atoms with Gasteiger partial charge in [-0.3, -0.25) is 0 Å². The minimum absolute atomic E-state index is 0.0373. The summed E-state index contributed by atoms with van der Waals surface area (Å²) in [4.78, 5) is 14.5. The smallest absolute Gasteiger partial charge is 0.317 e. The number of carbonyl (C=O) groups is 1. The third-order valence-corrected chi connectivity index (χ3v) is 4.64. The molecule has 0 bridgehead atoms. The van der Waals surface area contributed by atoms with Gasteiger partial charge < -0.3 is 19.7 Å². The van der Waals surface area contributed by atoms with Crippen LogP contribution in [0, 0.1) is 0 Å². The molecule has 5 nitrogen and oxygen atoms in total. The second-order valence-electron chi connectivity index (χ2n) is 6.40. The summed E-state index contributed by atoms with van der Waals surface area (Å²) in [6.07, 6.45) is 0.870. The van der Waals surface area contributed by atoms with Crippen molar-refractivity contribution in [3.63, 3.8) is 0 Å². The number of rotatable bonds is 6. The predicted molar refractivity (Wildman–Crippen MR) is 101 cm³/mol. The molecule has 2 aromatic rings. The molecule has 0 aromatic heterocycles. The Balaban J connectivity index is 1.62. The molecule has 0 atom stereocenters. The first-order valence-corrected chi connectivity index (χ1v) is 9.04. The lowest BCUT2D eigenvalue weighted by Crippen LogP contribution is -2.42. The molecule has 1 aliphatic rings. The molecule has 1 heterocycles. The summed E-state index contributed by atoms with van der Waals surface area (Å²) in [6.45, 7) is 5.00. The summed E-state index contributed by atoms with van der Waals surface area (Å²) in [7, 11) is 1.68. The minimum atomic E-state index is -0.0373. The van der Waals surface area contributed by atoms with E-state index in [-0.39, 0.29) is 6.03 Å². The normalized spacial score (nSPS) is 13.2. The van der Waals surface area contributed by atoms with Crippen LogP contribution >= 0.6 is 0 Å². The van der Waals surface area contributed by atoms with Crippen molar-refractivity contribution in [1.82, 2.24) is 10.2 Å². The van der Waals surface area contributed by atoms with E-state index in [1.807, 2.05) is 48.2 Å². The highest BCUT2D eigenvalue weighted by Crippen LogP contribution is 2.24. The number of hydrogen-bond donors (Lipinski definition) is 1. The Morgan fingerprint density at radius 3 is 2.73 bits per heavy atom. The number of carbonyl (C=O) groups excluding carboxylic acids is 1. The number of ether oxygens (including phenoxy) is 2. The summed E-state index contributed by atoms with van der Waals surface area (Å²) >= 11 is 0. The zero-order valence-corrected chi connectivity index (χ0v) is 15.5. The molecule has 0 fully saturated rings. The Morgan fingerprint density at radius 2 is 1.96 bits per heavy atom. The van der Waals surface area contributed by atoms with Gasteiger partial charge in [-0.15, -0.1) is 0 Å². The molecule has 0 spiro atoms. The first kappa shape index (κ1) is 18.3. The number of methoxy groups -OCH3 is 1. The molecule has 2 amide bonds. The van der Waals surface area contributed by atoms with E-state index in [0.717, 1.165) is 35.4 Å². The van der Waals surface area contributed by atoms with E-state index in [1.165, 1.54) is 5.56 Å². The Kier molecular flexibility index (Phi) is 6.12. The van der Waals surface area contributed by atoms with Crippen molar-refractivity contribution in [1.29, 1.82) is 0 Å². The third-order valence-electron chi connectivity index (χ3n) is 4.64. The molecule has 1 aliphatic heterocycles. The van der Waals surface area contributed by atoms with Crippen LogP contribution in [0.15, 0.2) is 42.5 Å². The van der Waals surface area contributed by atoms with E-state index in [9.17, 15) is 4.79 Å². The number of amides is 2. The van der Waals surface area contributed by atoms with Crippen molar-refractivity contribution in [2.75, 3.05) is 20.3 Å². The van der Waals surface area contributed by atoms with Gasteiger partial charge in [-0.2, -0.15) is 0 Å². The van der Waals surface area contributed by atoms with Gasteiger partial charge in [-0.05, 0) is 47.7 Å². The fourth-order valence-corrected chi connectivity index (χ4v) is 3.27. The summed E-state index contributed by atoms with van der Waals surface area (Å²) in [6, 6.07) is 14.1. The molecule has 0 saturated heterocycles. The van der Waals surface area contributed by atoms with Crippen LogP contribution in [0.4, 0.5) is 4.79 Å². The lowest BCUT2D eigenvalue weighted by molar-refractivity contribution is 0.183. The van der Waals surface area contributed by atoms with Gasteiger partial charge in [0.25, 0.3) is 0 Å². The maximum atomic E-state index is 12.6. The quantitative estimate of drug-likeness (QED) is 0.864. The van der Waals surface area contributed by atoms with Crippen molar-refractivity contribution >= 4 is 6.03 Å². The van der Waals surface area contributed by atoms with Crippen LogP contribution in [0.1, 0.15) is 29.2 Å². The molecule has 0 aliphatic carbocycles. The molecule has 138 valence electrons. The lowest BCUT2D eigenvalue weighted by Gasteiger charge is -2.29. The van der Waals surface area contributed by atoms with E-state index in [4.69, 9.17) is 9.47 Å². The highest BCUT2D eigenvalue weighted by molar-refractivity contribution is 5.74. The minimum Gasteiger partial charge on any atom is -0.494 e. The summed E-state index contributed by atoms with van der Waals surface area (Å²) in [5.41, 5.74) is 4.64. The Morgan fingerprint density at radius 1 is 1.15 bits per heavy atom. The van der Waals surface area contributed by atoms with Crippen LogP contribution < -0.4 is 10.1 Å². The number of hydrogen-bond acceptors (Lipinski definition) is 3. The number of fused-ring (bicyclic) bond motifs is 1. The fraction of sp³-hybridized carbons (Fsp3) is 0.381. The Hall–Kier alpha value is -2.53. The number of nitrogens with one attached hydrogen (secondary N) is 1. The topological polar surface area (TPSA) is 50.8 Å². The van der Waals surface area contributed by atoms with Gasteiger partial charge in [0.05, 0.1) is 13.2 Å². The van der Waals surface area contributed by atoms with E-state index < -0.39 is 0 Å². The SMILES string of the molecule is CCOc1ccc2c(c1)CN(C(=O)NCc1ccccc1COC)CC2. The van der Waals surface area contributed by atoms with E-state index in [2.05, 4.69) is 11.4 Å². The van der Waals surface area contributed by atoms with E-state index in [0.29, 0.717) is 26.3 Å². The first-order valence-electron chi connectivity index (χ1n) is 9.04. The average molecular weight is 354 g/mol. The second kappa shape index (κ2) is 8.72. The standard InChI is InChI=1S/C21H26N2O3/c1-3-26-20-9-8-16-10-11-23(14-19(16)12-20)21(24)22-13-17-6-4-5-7-18(17)15-25-2/h4-9,12H,3,10-11,13-15H2,1-2H3,(H,22,24). The molecular weight excluding hydrogens is 328 g/mol. The van der Waals surface area contributed by atoms with Crippen molar-refractivity contribution in [2.45, 2.75) is 33.0 Å². The average Bonchev–Trinajstić information content (AvgIpc) is 2.67. The van der Waals surface area contributed by atoms with Gasteiger partial charge in [0.15, 0.2) is 0 Å². The molecule has 2 aromatic carbocycles. The van der Waals surface area contributed by atoms with Crippen molar-refractivity contribution in [3.8, 4) is 5.75 Å². The zero-order valence-electron chi connectivity index (χ0n) is 15.5. The van der Waals surface area contributed by atoms with Crippen molar-refractivity contribution in [3.05, 3.63) is 64.7 Å². The number of urea groups is 1. The van der Waals surface area contributed by atoms with E-state index >= 15 is 0 Å². The van der Waals surface area contributed by atoms with Crippen molar-refractivity contribution < 1.29 is 14.3 Å². The van der Waals surface area contributed by atoms with Crippen LogP contribution in [-0.2, 0) is 30.9 Å². The van der Waals surface area contributed by atoms with Crippen LogP contribution in [0.3, 0.4) is 0 Å². The molecule has 1 N–H and O–H groups in total. The lowest BCUT2D eigenvalue weighted by atomic mass is 10.00. The molecule has 0 saturated carbocycles. The molecule has 0 radical (unpaired) electrons. The van der Waals surface area contributed by atoms with Gasteiger partial charge in [0.2, 0.25) is 0 Å². The number of nitrogens with zero attached hydrogens (tertiary/aromatic N) is 1. The molecule has 3 rings (SSSR count). The maximum Gasteiger partial charge on any atom is 0.317 e. The molecular formula is C21H26N2O3. The van der Waals surface area contributed by atoms with Crippen LogP contribution in [0.2, 0.25) is 0 Å². The van der Waals surface area contributed by atoms with E-state index in [1.54, 1.807) is 7.11 Å². The largest absolute Gasteiger partial charge is 0.494 e. The highest BCUT2D eigenvalue weighted by Gasteiger charge is 2.21. The maximum absolute atomic E-state index is 12.6. The highest BCUT2D eigenvalue weighted by atomic mass is 16.5.